The molecule has 1 aromatic rings. The van der Waals surface area contributed by atoms with Crippen molar-refractivity contribution in [3.05, 3.63) is 29.8 Å². The maximum Gasteiger partial charge on any atom is 0.227 e. The molecule has 3 heteroatoms. The van der Waals surface area contributed by atoms with Gasteiger partial charge in [0, 0.05) is 25.7 Å². The summed E-state index contributed by atoms with van der Waals surface area (Å²) in [6.07, 6.45) is 0.530. The fourth-order valence-corrected chi connectivity index (χ4v) is 1.72. The number of carbonyl (C=O) groups excluding carboxylic acids is 1. The molecule has 1 amide bonds. The van der Waals surface area contributed by atoms with Gasteiger partial charge < -0.3 is 10.6 Å². The largest absolute Gasteiger partial charge is 0.326 e. The molecule has 1 rings (SSSR count). The summed E-state index contributed by atoms with van der Waals surface area (Å²) in [6, 6.07) is 7.75. The van der Waals surface area contributed by atoms with Crippen LogP contribution in [0.15, 0.2) is 24.3 Å². The van der Waals surface area contributed by atoms with E-state index >= 15 is 0 Å². The normalized spacial score (nSPS) is 11.4. The molecule has 0 aliphatic heterocycles. The van der Waals surface area contributed by atoms with Crippen molar-refractivity contribution in [2.24, 2.45) is 11.1 Å². The molecule has 0 aliphatic carbocycles. The highest BCUT2D eigenvalue weighted by Crippen LogP contribution is 2.24. The summed E-state index contributed by atoms with van der Waals surface area (Å²) in [5, 5.41) is 0. The van der Waals surface area contributed by atoms with Gasteiger partial charge in [-0.25, -0.2) is 0 Å². The van der Waals surface area contributed by atoms with Gasteiger partial charge in [0.2, 0.25) is 5.91 Å². The molecule has 94 valence electrons. The number of hydrogen-bond acceptors (Lipinski definition) is 2. The molecule has 0 saturated heterocycles. The zero-order valence-corrected chi connectivity index (χ0v) is 11.2. The molecule has 0 unspecified atom stereocenters. The van der Waals surface area contributed by atoms with Crippen LogP contribution < -0.4 is 10.6 Å². The molecule has 0 spiro atoms. The zero-order chi connectivity index (χ0) is 13.1. The number of amides is 1. The van der Waals surface area contributed by atoms with E-state index in [0.717, 1.165) is 11.3 Å². The molecule has 0 heterocycles. The van der Waals surface area contributed by atoms with Crippen LogP contribution in [0.1, 0.15) is 32.8 Å². The van der Waals surface area contributed by atoms with Gasteiger partial charge >= 0.3 is 0 Å². The molecule has 3 nitrogen and oxygen atoms in total. The predicted molar refractivity (Wildman–Crippen MR) is 71.8 cm³/mol. The molecule has 0 saturated carbocycles. The highest BCUT2D eigenvalue weighted by molar-refractivity contribution is 5.93. The number of nitrogens with two attached hydrogens (primary N) is 1. The van der Waals surface area contributed by atoms with Crippen molar-refractivity contribution in [3.8, 4) is 0 Å². The van der Waals surface area contributed by atoms with E-state index in [1.54, 1.807) is 4.90 Å². The number of benzene rings is 1. The lowest BCUT2D eigenvalue weighted by molar-refractivity contribution is -0.120. The Bertz CT molecular complexity index is 393. The fourth-order valence-electron chi connectivity index (χ4n) is 1.72. The highest BCUT2D eigenvalue weighted by Gasteiger charge is 2.20. The Morgan fingerprint density at radius 3 is 2.41 bits per heavy atom. The predicted octanol–water partition coefficient (Wildman–Crippen LogP) is 2.54. The van der Waals surface area contributed by atoms with Crippen LogP contribution in [0.2, 0.25) is 0 Å². The van der Waals surface area contributed by atoms with Crippen molar-refractivity contribution in [1.29, 1.82) is 0 Å². The van der Waals surface area contributed by atoms with E-state index in [2.05, 4.69) is 20.8 Å². The van der Waals surface area contributed by atoms with Gasteiger partial charge in [0.1, 0.15) is 0 Å². The van der Waals surface area contributed by atoms with Crippen molar-refractivity contribution in [2.45, 2.75) is 33.7 Å². The second-order valence-corrected chi connectivity index (χ2v) is 5.52. The maximum absolute atomic E-state index is 12.1. The van der Waals surface area contributed by atoms with Gasteiger partial charge in [-0.1, -0.05) is 39.0 Å². The molecule has 2 N–H and O–H groups in total. The monoisotopic (exact) mass is 234 g/mol. The van der Waals surface area contributed by atoms with Gasteiger partial charge in [0.05, 0.1) is 0 Å². The first-order chi connectivity index (χ1) is 7.85. The average molecular weight is 234 g/mol. The van der Waals surface area contributed by atoms with E-state index in [9.17, 15) is 4.79 Å². The molecule has 1 aromatic carbocycles. The van der Waals surface area contributed by atoms with E-state index in [1.165, 1.54) is 0 Å². The quantitative estimate of drug-likeness (QED) is 0.873. The topological polar surface area (TPSA) is 46.3 Å². The number of para-hydroxylation sites is 1. The molecule has 0 fully saturated rings. The van der Waals surface area contributed by atoms with Crippen LogP contribution in [0.5, 0.6) is 0 Å². The van der Waals surface area contributed by atoms with Gasteiger partial charge in [-0.15, -0.1) is 0 Å². The second kappa shape index (κ2) is 5.32. The highest BCUT2D eigenvalue weighted by atomic mass is 16.2. The maximum atomic E-state index is 12.1. The minimum atomic E-state index is 0.00298. The average Bonchev–Trinajstić information content (AvgIpc) is 2.25. The van der Waals surface area contributed by atoms with Crippen molar-refractivity contribution >= 4 is 11.6 Å². The van der Waals surface area contributed by atoms with Crippen LogP contribution >= 0.6 is 0 Å². The third-order valence-corrected chi connectivity index (χ3v) is 2.63. The van der Waals surface area contributed by atoms with E-state index in [-0.39, 0.29) is 11.3 Å². The first-order valence-corrected chi connectivity index (χ1v) is 5.89. The first kappa shape index (κ1) is 13.7. The lowest BCUT2D eigenvalue weighted by atomic mass is 9.91. The summed E-state index contributed by atoms with van der Waals surface area (Å²) < 4.78 is 0. The Morgan fingerprint density at radius 2 is 1.88 bits per heavy atom. The minimum absolute atomic E-state index is 0.00298. The lowest BCUT2D eigenvalue weighted by Gasteiger charge is -2.24. The molecule has 0 aromatic heterocycles. The molecule has 0 radical (unpaired) electrons. The van der Waals surface area contributed by atoms with Crippen molar-refractivity contribution in [1.82, 2.24) is 0 Å². The summed E-state index contributed by atoms with van der Waals surface area (Å²) in [5.74, 6) is 0.124. The van der Waals surface area contributed by atoms with Gasteiger partial charge in [-0.2, -0.15) is 0 Å². The lowest BCUT2D eigenvalue weighted by Crippen LogP contribution is -2.30. The first-order valence-electron chi connectivity index (χ1n) is 5.89. The molecular formula is C14H22N2O. The standard InChI is InChI=1S/C14H22N2O/c1-14(2,3)9-13(17)16(4)12-8-6-5-7-11(12)10-15/h5-8H,9-10,15H2,1-4H3. The Balaban J connectivity index is 2.89. The number of nitrogens with zero attached hydrogens (tertiary/aromatic N) is 1. The van der Waals surface area contributed by atoms with Crippen LogP contribution in [-0.4, -0.2) is 13.0 Å². The molecule has 17 heavy (non-hydrogen) atoms. The summed E-state index contributed by atoms with van der Waals surface area (Å²) in [4.78, 5) is 13.8. The SMILES string of the molecule is CN(C(=O)CC(C)(C)C)c1ccccc1CN. The second-order valence-electron chi connectivity index (χ2n) is 5.52. The van der Waals surface area contributed by atoms with Crippen LogP contribution in [0.25, 0.3) is 0 Å². The van der Waals surface area contributed by atoms with Crippen LogP contribution in [0.4, 0.5) is 5.69 Å². The Hall–Kier alpha value is -1.35. The number of anilines is 1. The van der Waals surface area contributed by atoms with Crippen LogP contribution in [-0.2, 0) is 11.3 Å². The van der Waals surface area contributed by atoms with Crippen molar-refractivity contribution in [3.63, 3.8) is 0 Å². The smallest absolute Gasteiger partial charge is 0.227 e. The van der Waals surface area contributed by atoms with Crippen LogP contribution in [0, 0.1) is 5.41 Å². The van der Waals surface area contributed by atoms with Crippen LogP contribution in [0.3, 0.4) is 0 Å². The summed E-state index contributed by atoms with van der Waals surface area (Å²) in [5.41, 5.74) is 7.59. The number of hydrogen-bond donors (Lipinski definition) is 1. The Kier molecular flexibility index (Phi) is 4.29. The number of carbonyl (C=O) groups is 1. The number of rotatable bonds is 3. The minimum Gasteiger partial charge on any atom is -0.326 e. The van der Waals surface area contributed by atoms with Crippen molar-refractivity contribution in [2.75, 3.05) is 11.9 Å². The Morgan fingerprint density at radius 1 is 1.29 bits per heavy atom. The van der Waals surface area contributed by atoms with E-state index in [4.69, 9.17) is 5.73 Å². The Labute approximate surface area is 104 Å². The van der Waals surface area contributed by atoms with Crippen molar-refractivity contribution < 1.29 is 4.79 Å². The molecule has 0 atom stereocenters. The third-order valence-electron chi connectivity index (χ3n) is 2.63. The molecule has 0 bridgehead atoms. The molecular weight excluding hydrogens is 212 g/mol. The van der Waals surface area contributed by atoms with Gasteiger partial charge in [-0.05, 0) is 17.0 Å². The summed E-state index contributed by atoms with van der Waals surface area (Å²) in [6.45, 7) is 6.64. The van der Waals surface area contributed by atoms with E-state index < -0.39 is 0 Å². The van der Waals surface area contributed by atoms with Gasteiger partial charge in [0.15, 0.2) is 0 Å². The van der Waals surface area contributed by atoms with E-state index in [1.807, 2.05) is 31.3 Å². The zero-order valence-electron chi connectivity index (χ0n) is 11.2. The summed E-state index contributed by atoms with van der Waals surface area (Å²) >= 11 is 0. The van der Waals surface area contributed by atoms with Gasteiger partial charge in [0.25, 0.3) is 0 Å². The fraction of sp³-hybridized carbons (Fsp3) is 0.500. The van der Waals surface area contributed by atoms with E-state index in [0.29, 0.717) is 13.0 Å². The summed E-state index contributed by atoms with van der Waals surface area (Å²) in [7, 11) is 1.81. The third kappa shape index (κ3) is 3.86. The molecule has 0 aliphatic rings. The van der Waals surface area contributed by atoms with Gasteiger partial charge in [-0.3, -0.25) is 4.79 Å².